The normalized spacial score (nSPS) is 10.0. The number of aromatic nitrogens is 1. The van der Waals surface area contributed by atoms with Crippen molar-refractivity contribution in [1.29, 1.82) is 0 Å². The van der Waals surface area contributed by atoms with E-state index in [0.717, 1.165) is 4.47 Å². The van der Waals surface area contributed by atoms with Crippen LogP contribution in [0.4, 0.5) is 0 Å². The second-order valence-electron chi connectivity index (χ2n) is 3.47. The lowest BCUT2D eigenvalue weighted by Crippen LogP contribution is -1.94. The van der Waals surface area contributed by atoms with Crippen LogP contribution in [0.15, 0.2) is 47.1 Å². The maximum atomic E-state index is 11.1. The molecule has 0 N–H and O–H groups in total. The van der Waals surface area contributed by atoms with E-state index in [2.05, 4.69) is 20.9 Å². The molecule has 0 aliphatic heterocycles. The number of rotatable bonds is 3. The number of hydrogen-bond donors (Lipinski definition) is 0. The van der Waals surface area contributed by atoms with E-state index in [4.69, 9.17) is 4.74 Å². The fourth-order valence-electron chi connectivity index (χ4n) is 1.29. The van der Waals surface area contributed by atoms with Gasteiger partial charge in [-0.05, 0) is 41.1 Å². The van der Waals surface area contributed by atoms with Crippen LogP contribution in [-0.4, -0.2) is 10.8 Å². The molecule has 0 saturated carbocycles. The van der Waals surface area contributed by atoms with Gasteiger partial charge in [-0.2, -0.15) is 0 Å². The van der Waals surface area contributed by atoms with Crippen molar-refractivity contribution in [3.63, 3.8) is 0 Å². The molecule has 0 fully saturated rings. The predicted molar refractivity (Wildman–Crippen MR) is 68.5 cm³/mol. The second kappa shape index (κ2) is 5.10. The van der Waals surface area contributed by atoms with Gasteiger partial charge in [0.15, 0.2) is 5.78 Å². The van der Waals surface area contributed by atoms with Crippen LogP contribution < -0.4 is 4.74 Å². The number of carbonyl (C=O) groups is 1. The van der Waals surface area contributed by atoms with E-state index in [1.807, 2.05) is 24.3 Å². The lowest BCUT2D eigenvalue weighted by Gasteiger charge is -2.06. The molecule has 0 unspecified atom stereocenters. The van der Waals surface area contributed by atoms with Gasteiger partial charge >= 0.3 is 0 Å². The van der Waals surface area contributed by atoms with E-state index in [-0.39, 0.29) is 5.78 Å². The van der Waals surface area contributed by atoms with Gasteiger partial charge in [-0.25, -0.2) is 4.98 Å². The molecule has 0 aliphatic carbocycles. The van der Waals surface area contributed by atoms with Crippen LogP contribution in [0.5, 0.6) is 11.6 Å². The van der Waals surface area contributed by atoms with Crippen LogP contribution in [0.25, 0.3) is 0 Å². The van der Waals surface area contributed by atoms with Gasteiger partial charge in [0.2, 0.25) is 5.88 Å². The molecule has 0 amide bonds. The Hall–Kier alpha value is -1.68. The summed E-state index contributed by atoms with van der Waals surface area (Å²) in [5, 5.41) is 0. The third-order valence-corrected chi connectivity index (χ3v) is 2.85. The van der Waals surface area contributed by atoms with E-state index in [9.17, 15) is 4.79 Å². The minimum atomic E-state index is -0.00931. The molecule has 1 aromatic heterocycles. The lowest BCUT2D eigenvalue weighted by atomic mass is 10.2. The molecule has 0 saturated heterocycles. The Morgan fingerprint density at radius 2 is 2.00 bits per heavy atom. The fraction of sp³-hybridized carbons (Fsp3) is 0.0769. The molecular formula is C13H10BrNO2. The van der Waals surface area contributed by atoms with Crippen molar-refractivity contribution >= 4 is 21.7 Å². The van der Waals surface area contributed by atoms with Crippen molar-refractivity contribution in [3.8, 4) is 11.6 Å². The lowest BCUT2D eigenvalue weighted by molar-refractivity contribution is 0.101. The first-order valence-corrected chi connectivity index (χ1v) is 5.85. The fourth-order valence-corrected chi connectivity index (χ4v) is 1.65. The maximum absolute atomic E-state index is 11.1. The van der Waals surface area contributed by atoms with Crippen LogP contribution in [0, 0.1) is 0 Å². The number of para-hydroxylation sites is 1. The highest BCUT2D eigenvalue weighted by atomic mass is 79.9. The predicted octanol–water partition coefficient (Wildman–Crippen LogP) is 3.84. The second-order valence-corrected chi connectivity index (χ2v) is 4.33. The standard InChI is InChI=1S/C13H10BrNO2/c1-9(16)10-6-7-13(15-8-10)17-12-5-3-2-4-11(12)14/h2-8H,1H3. The quantitative estimate of drug-likeness (QED) is 0.807. The summed E-state index contributed by atoms with van der Waals surface area (Å²) in [6.45, 7) is 1.51. The number of nitrogens with zero attached hydrogens (tertiary/aromatic N) is 1. The van der Waals surface area contributed by atoms with Crippen LogP contribution in [-0.2, 0) is 0 Å². The van der Waals surface area contributed by atoms with E-state index in [1.165, 1.54) is 13.1 Å². The molecule has 1 heterocycles. The first kappa shape index (κ1) is 11.8. The van der Waals surface area contributed by atoms with Gasteiger partial charge in [0, 0.05) is 17.8 Å². The van der Waals surface area contributed by atoms with Gasteiger partial charge in [0.05, 0.1) is 4.47 Å². The summed E-state index contributed by atoms with van der Waals surface area (Å²) in [6, 6.07) is 10.9. The monoisotopic (exact) mass is 291 g/mol. The van der Waals surface area contributed by atoms with E-state index >= 15 is 0 Å². The summed E-state index contributed by atoms with van der Waals surface area (Å²) in [4.78, 5) is 15.2. The van der Waals surface area contributed by atoms with Gasteiger partial charge in [0.1, 0.15) is 5.75 Å². The van der Waals surface area contributed by atoms with Gasteiger partial charge in [-0.15, -0.1) is 0 Å². The van der Waals surface area contributed by atoms with E-state index in [1.54, 1.807) is 12.1 Å². The number of halogens is 1. The molecule has 17 heavy (non-hydrogen) atoms. The molecule has 4 heteroatoms. The van der Waals surface area contributed by atoms with Gasteiger partial charge in [-0.1, -0.05) is 12.1 Å². The Morgan fingerprint density at radius 3 is 2.59 bits per heavy atom. The van der Waals surface area contributed by atoms with Crippen LogP contribution in [0.2, 0.25) is 0 Å². The average molecular weight is 292 g/mol. The number of carbonyl (C=O) groups excluding carboxylic acids is 1. The van der Waals surface area contributed by atoms with Gasteiger partial charge < -0.3 is 4.74 Å². The van der Waals surface area contributed by atoms with Gasteiger partial charge in [-0.3, -0.25) is 4.79 Å². The van der Waals surface area contributed by atoms with Crippen molar-refractivity contribution in [2.75, 3.05) is 0 Å². The summed E-state index contributed by atoms with van der Waals surface area (Å²) < 4.78 is 6.43. The summed E-state index contributed by atoms with van der Waals surface area (Å²) in [5.74, 6) is 1.14. The number of ether oxygens (including phenoxy) is 1. The third-order valence-electron chi connectivity index (χ3n) is 2.19. The summed E-state index contributed by atoms with van der Waals surface area (Å²) >= 11 is 3.38. The Kier molecular flexibility index (Phi) is 3.54. The largest absolute Gasteiger partial charge is 0.438 e. The zero-order chi connectivity index (χ0) is 12.3. The Balaban J connectivity index is 2.20. The van der Waals surface area contributed by atoms with E-state index in [0.29, 0.717) is 17.2 Å². The van der Waals surface area contributed by atoms with E-state index < -0.39 is 0 Å². The summed E-state index contributed by atoms with van der Waals surface area (Å²) in [7, 11) is 0. The number of ketones is 1. The van der Waals surface area contributed by atoms with Gasteiger partial charge in [0.25, 0.3) is 0 Å². The number of hydrogen-bond acceptors (Lipinski definition) is 3. The summed E-state index contributed by atoms with van der Waals surface area (Å²) in [6.07, 6.45) is 1.51. The molecule has 2 aromatic rings. The molecule has 0 aliphatic rings. The highest BCUT2D eigenvalue weighted by molar-refractivity contribution is 9.10. The SMILES string of the molecule is CC(=O)c1ccc(Oc2ccccc2Br)nc1. The topological polar surface area (TPSA) is 39.2 Å². The Morgan fingerprint density at radius 1 is 1.24 bits per heavy atom. The molecule has 3 nitrogen and oxygen atoms in total. The van der Waals surface area contributed by atoms with Crippen molar-refractivity contribution < 1.29 is 9.53 Å². The third kappa shape index (κ3) is 2.91. The molecular weight excluding hydrogens is 282 g/mol. The maximum Gasteiger partial charge on any atom is 0.219 e. The Labute approximate surface area is 108 Å². The highest BCUT2D eigenvalue weighted by Gasteiger charge is 2.04. The highest BCUT2D eigenvalue weighted by Crippen LogP contribution is 2.27. The molecule has 86 valence electrons. The molecule has 0 radical (unpaired) electrons. The molecule has 0 atom stereocenters. The van der Waals surface area contributed by atoms with Crippen molar-refractivity contribution in [3.05, 3.63) is 52.6 Å². The average Bonchev–Trinajstić information content (AvgIpc) is 2.33. The number of Topliss-reactive ketones (excluding diaryl/α,β-unsaturated/α-hetero) is 1. The number of benzene rings is 1. The van der Waals surface area contributed by atoms with Crippen molar-refractivity contribution in [2.24, 2.45) is 0 Å². The minimum absolute atomic E-state index is 0.00931. The minimum Gasteiger partial charge on any atom is -0.438 e. The molecule has 0 spiro atoms. The zero-order valence-electron chi connectivity index (χ0n) is 9.18. The molecule has 2 rings (SSSR count). The summed E-state index contributed by atoms with van der Waals surface area (Å²) in [5.41, 5.74) is 0.574. The molecule has 1 aromatic carbocycles. The zero-order valence-corrected chi connectivity index (χ0v) is 10.8. The van der Waals surface area contributed by atoms with Crippen molar-refractivity contribution in [1.82, 2.24) is 4.98 Å². The van der Waals surface area contributed by atoms with Crippen LogP contribution in [0.1, 0.15) is 17.3 Å². The number of pyridine rings is 1. The van der Waals surface area contributed by atoms with Crippen LogP contribution in [0.3, 0.4) is 0 Å². The molecule has 0 bridgehead atoms. The van der Waals surface area contributed by atoms with Crippen molar-refractivity contribution in [2.45, 2.75) is 6.92 Å². The Bertz CT molecular complexity index is 537. The first-order chi connectivity index (χ1) is 8.16. The first-order valence-electron chi connectivity index (χ1n) is 5.06. The smallest absolute Gasteiger partial charge is 0.219 e. The van der Waals surface area contributed by atoms with Crippen LogP contribution >= 0.6 is 15.9 Å².